The maximum atomic E-state index is 6.24. The molecule has 0 amide bonds. The Morgan fingerprint density at radius 1 is 1.15 bits per heavy atom. The highest BCUT2D eigenvalue weighted by Gasteiger charge is 2.16. The quantitative estimate of drug-likeness (QED) is 0.789. The van der Waals surface area contributed by atoms with Crippen molar-refractivity contribution in [1.29, 1.82) is 0 Å². The van der Waals surface area contributed by atoms with Gasteiger partial charge in [-0.2, -0.15) is 0 Å². The molecule has 20 heavy (non-hydrogen) atoms. The molecule has 0 heterocycles. The van der Waals surface area contributed by atoms with Crippen molar-refractivity contribution < 1.29 is 0 Å². The van der Waals surface area contributed by atoms with Gasteiger partial charge in [-0.1, -0.05) is 37.0 Å². The zero-order valence-electron chi connectivity index (χ0n) is 13.1. The summed E-state index contributed by atoms with van der Waals surface area (Å²) in [6.07, 6.45) is 1.18. The number of benzene rings is 1. The van der Waals surface area contributed by atoms with E-state index < -0.39 is 0 Å². The van der Waals surface area contributed by atoms with Crippen molar-refractivity contribution in [2.45, 2.75) is 39.3 Å². The molecule has 4 heteroatoms. The fourth-order valence-corrected chi connectivity index (χ4v) is 2.75. The van der Waals surface area contributed by atoms with Crippen molar-refractivity contribution in [3.63, 3.8) is 0 Å². The second kappa shape index (κ2) is 8.23. The molecule has 1 aromatic rings. The molecule has 2 unspecified atom stereocenters. The SMILES string of the molecule is CC(C)CC(CNC(C)c1cc(Cl)ccc1Cl)N(C)C. The van der Waals surface area contributed by atoms with Crippen LogP contribution in [0.2, 0.25) is 10.0 Å². The first kappa shape index (κ1) is 17.8. The fraction of sp³-hybridized carbons (Fsp3) is 0.625. The third kappa shape index (κ3) is 5.61. The largest absolute Gasteiger partial charge is 0.309 e. The molecule has 0 radical (unpaired) electrons. The van der Waals surface area contributed by atoms with Crippen molar-refractivity contribution in [2.75, 3.05) is 20.6 Å². The predicted molar refractivity (Wildman–Crippen MR) is 89.8 cm³/mol. The zero-order valence-corrected chi connectivity index (χ0v) is 14.6. The Morgan fingerprint density at radius 2 is 1.80 bits per heavy atom. The summed E-state index contributed by atoms with van der Waals surface area (Å²) < 4.78 is 0. The molecule has 1 rings (SSSR count). The highest BCUT2D eigenvalue weighted by Crippen LogP contribution is 2.26. The molecular formula is C16H26Cl2N2. The number of likely N-dealkylation sites (N-methyl/N-ethyl adjacent to an activating group) is 1. The van der Waals surface area contributed by atoms with Gasteiger partial charge in [0, 0.05) is 28.7 Å². The second-order valence-corrected chi connectivity index (χ2v) is 6.89. The number of rotatable bonds is 7. The lowest BCUT2D eigenvalue weighted by atomic mass is 10.0. The van der Waals surface area contributed by atoms with E-state index in [1.54, 1.807) is 0 Å². The monoisotopic (exact) mass is 316 g/mol. The summed E-state index contributed by atoms with van der Waals surface area (Å²) in [5.41, 5.74) is 1.06. The standard InChI is InChI=1S/C16H26Cl2N2/c1-11(2)8-14(20(4)5)10-19-12(3)15-9-13(17)6-7-16(15)18/h6-7,9,11-12,14,19H,8,10H2,1-5H3. The van der Waals surface area contributed by atoms with Crippen LogP contribution in [0.4, 0.5) is 0 Å². The van der Waals surface area contributed by atoms with E-state index in [1.165, 1.54) is 6.42 Å². The van der Waals surface area contributed by atoms with E-state index in [2.05, 4.69) is 45.1 Å². The van der Waals surface area contributed by atoms with Crippen LogP contribution in [0, 0.1) is 5.92 Å². The first-order valence-corrected chi connectivity index (χ1v) is 7.91. The summed E-state index contributed by atoms with van der Waals surface area (Å²) in [6, 6.07) is 6.33. The average molecular weight is 317 g/mol. The van der Waals surface area contributed by atoms with Crippen LogP contribution in [0.5, 0.6) is 0 Å². The number of nitrogens with zero attached hydrogens (tertiary/aromatic N) is 1. The molecule has 0 aromatic heterocycles. The molecule has 0 saturated carbocycles. The Bertz CT molecular complexity index is 419. The molecule has 0 aliphatic rings. The van der Waals surface area contributed by atoms with Crippen LogP contribution in [0.15, 0.2) is 18.2 Å². The van der Waals surface area contributed by atoms with Gasteiger partial charge < -0.3 is 10.2 Å². The van der Waals surface area contributed by atoms with E-state index >= 15 is 0 Å². The predicted octanol–water partition coefficient (Wildman–Crippen LogP) is 4.62. The molecule has 0 aliphatic heterocycles. The molecule has 2 atom stereocenters. The van der Waals surface area contributed by atoms with Crippen LogP contribution in [0.1, 0.15) is 38.8 Å². The third-order valence-corrected chi connectivity index (χ3v) is 4.14. The zero-order chi connectivity index (χ0) is 15.3. The van der Waals surface area contributed by atoms with Gasteiger partial charge in [0.1, 0.15) is 0 Å². The van der Waals surface area contributed by atoms with Crippen LogP contribution in [0.3, 0.4) is 0 Å². The van der Waals surface area contributed by atoms with Crippen molar-refractivity contribution in [1.82, 2.24) is 10.2 Å². The first-order chi connectivity index (χ1) is 9.31. The lowest BCUT2D eigenvalue weighted by Gasteiger charge is -2.28. The second-order valence-electron chi connectivity index (χ2n) is 6.04. The first-order valence-electron chi connectivity index (χ1n) is 7.16. The van der Waals surface area contributed by atoms with E-state index in [0.29, 0.717) is 12.0 Å². The van der Waals surface area contributed by atoms with Crippen LogP contribution in [-0.2, 0) is 0 Å². The Balaban J connectivity index is 2.65. The summed E-state index contributed by atoms with van der Waals surface area (Å²) in [5.74, 6) is 0.689. The normalized spacial score (nSPS) is 14.8. The number of hydrogen-bond donors (Lipinski definition) is 1. The van der Waals surface area contributed by atoms with E-state index in [0.717, 1.165) is 22.2 Å². The van der Waals surface area contributed by atoms with Crippen LogP contribution in [0.25, 0.3) is 0 Å². The topological polar surface area (TPSA) is 15.3 Å². The van der Waals surface area contributed by atoms with Gasteiger partial charge in [0.25, 0.3) is 0 Å². The lowest BCUT2D eigenvalue weighted by Crippen LogP contribution is -2.39. The highest BCUT2D eigenvalue weighted by molar-refractivity contribution is 6.33. The van der Waals surface area contributed by atoms with Gasteiger partial charge in [0.15, 0.2) is 0 Å². The summed E-state index contributed by atoms with van der Waals surface area (Å²) >= 11 is 12.3. The Hall–Kier alpha value is -0.280. The molecule has 1 N–H and O–H groups in total. The van der Waals surface area contributed by atoms with Crippen molar-refractivity contribution in [3.8, 4) is 0 Å². The van der Waals surface area contributed by atoms with E-state index in [-0.39, 0.29) is 6.04 Å². The van der Waals surface area contributed by atoms with Gasteiger partial charge in [-0.3, -0.25) is 0 Å². The van der Waals surface area contributed by atoms with E-state index in [4.69, 9.17) is 23.2 Å². The highest BCUT2D eigenvalue weighted by atomic mass is 35.5. The molecule has 0 saturated heterocycles. The summed E-state index contributed by atoms with van der Waals surface area (Å²) in [6.45, 7) is 7.58. The summed E-state index contributed by atoms with van der Waals surface area (Å²) in [7, 11) is 4.26. The van der Waals surface area contributed by atoms with Crippen LogP contribution < -0.4 is 5.32 Å². The molecule has 0 bridgehead atoms. The number of hydrogen-bond acceptors (Lipinski definition) is 2. The minimum absolute atomic E-state index is 0.191. The van der Waals surface area contributed by atoms with Crippen molar-refractivity contribution >= 4 is 23.2 Å². The number of halogens is 2. The van der Waals surface area contributed by atoms with E-state index in [9.17, 15) is 0 Å². The molecule has 2 nitrogen and oxygen atoms in total. The fourth-order valence-electron chi connectivity index (χ4n) is 2.29. The third-order valence-electron chi connectivity index (χ3n) is 3.56. The number of nitrogens with one attached hydrogen (secondary N) is 1. The molecule has 114 valence electrons. The van der Waals surface area contributed by atoms with Gasteiger partial charge in [-0.05, 0) is 57.1 Å². The minimum Gasteiger partial charge on any atom is -0.309 e. The van der Waals surface area contributed by atoms with Gasteiger partial charge in [0.05, 0.1) is 0 Å². The van der Waals surface area contributed by atoms with Gasteiger partial charge in [-0.25, -0.2) is 0 Å². The molecule has 0 spiro atoms. The van der Waals surface area contributed by atoms with Crippen molar-refractivity contribution in [3.05, 3.63) is 33.8 Å². The molecule has 0 fully saturated rings. The van der Waals surface area contributed by atoms with Gasteiger partial charge in [0.2, 0.25) is 0 Å². The Morgan fingerprint density at radius 3 is 2.35 bits per heavy atom. The lowest BCUT2D eigenvalue weighted by molar-refractivity contribution is 0.242. The van der Waals surface area contributed by atoms with Crippen LogP contribution in [-0.4, -0.2) is 31.6 Å². The van der Waals surface area contributed by atoms with E-state index in [1.807, 2.05) is 18.2 Å². The molecule has 0 aliphatic carbocycles. The Labute approximate surface area is 133 Å². The summed E-state index contributed by atoms with van der Waals surface area (Å²) in [4.78, 5) is 2.28. The van der Waals surface area contributed by atoms with Gasteiger partial charge >= 0.3 is 0 Å². The minimum atomic E-state index is 0.191. The van der Waals surface area contributed by atoms with Crippen LogP contribution >= 0.6 is 23.2 Å². The maximum Gasteiger partial charge on any atom is 0.0454 e. The smallest absolute Gasteiger partial charge is 0.0454 e. The summed E-state index contributed by atoms with van der Waals surface area (Å²) in [5, 5.41) is 5.06. The van der Waals surface area contributed by atoms with Crippen molar-refractivity contribution in [2.24, 2.45) is 5.92 Å². The molecular weight excluding hydrogens is 291 g/mol. The van der Waals surface area contributed by atoms with Gasteiger partial charge in [-0.15, -0.1) is 0 Å². The Kier molecular flexibility index (Phi) is 7.32. The molecule has 1 aromatic carbocycles. The maximum absolute atomic E-state index is 6.24. The average Bonchev–Trinajstić information content (AvgIpc) is 2.36.